The Morgan fingerprint density at radius 1 is 1.26 bits per heavy atom. The monoisotopic (exact) mass is 387 g/mol. The second kappa shape index (κ2) is 7.20. The number of aromatic nitrogens is 6. The summed E-state index contributed by atoms with van der Waals surface area (Å²) in [7, 11) is -3.63. The molecule has 3 aromatic heterocycles. The van der Waals surface area contributed by atoms with Gasteiger partial charge in [0.05, 0.1) is 18.8 Å². The minimum absolute atomic E-state index is 0.219. The second-order valence-electron chi connectivity index (χ2n) is 6.48. The van der Waals surface area contributed by atoms with Crippen molar-refractivity contribution in [2.75, 3.05) is 6.54 Å². The molecule has 1 aliphatic heterocycles. The minimum atomic E-state index is -3.63. The van der Waals surface area contributed by atoms with Gasteiger partial charge in [0.25, 0.3) is 0 Å². The topological polar surface area (TPSA) is 98.8 Å². The van der Waals surface area contributed by atoms with Gasteiger partial charge in [-0.2, -0.15) is 9.40 Å². The first-order valence-electron chi connectivity index (χ1n) is 8.90. The lowest BCUT2D eigenvalue weighted by molar-refractivity contribution is 0.374. The van der Waals surface area contributed by atoms with Crippen LogP contribution in [0.5, 0.6) is 0 Å². The van der Waals surface area contributed by atoms with Gasteiger partial charge in [0.2, 0.25) is 10.0 Å². The zero-order valence-corrected chi connectivity index (χ0v) is 15.8. The predicted molar refractivity (Wildman–Crippen MR) is 97.1 cm³/mol. The van der Waals surface area contributed by atoms with Gasteiger partial charge in [0, 0.05) is 31.7 Å². The number of sulfonamides is 1. The number of hydrogen-bond acceptors (Lipinski definition) is 6. The SMILES string of the molecule is CCn1cc(S(=O)(=O)N2CCCC2c2nncn2Cc2ccncc2)cn1. The quantitative estimate of drug-likeness (QED) is 0.635. The first-order chi connectivity index (χ1) is 13.1. The summed E-state index contributed by atoms with van der Waals surface area (Å²) in [6, 6.07) is 3.52. The summed E-state index contributed by atoms with van der Waals surface area (Å²) in [5, 5.41) is 12.4. The Labute approximate surface area is 157 Å². The molecule has 4 heterocycles. The van der Waals surface area contributed by atoms with E-state index in [1.54, 1.807) is 29.6 Å². The van der Waals surface area contributed by atoms with Crippen molar-refractivity contribution in [1.29, 1.82) is 0 Å². The number of hydrogen-bond donors (Lipinski definition) is 0. The van der Waals surface area contributed by atoms with Crippen LogP contribution in [0.4, 0.5) is 0 Å². The zero-order chi connectivity index (χ0) is 18.9. The molecule has 0 N–H and O–H groups in total. The summed E-state index contributed by atoms with van der Waals surface area (Å²) in [4.78, 5) is 4.24. The highest BCUT2D eigenvalue weighted by Gasteiger charge is 2.39. The van der Waals surface area contributed by atoms with Gasteiger partial charge in [0.15, 0.2) is 5.82 Å². The van der Waals surface area contributed by atoms with Crippen molar-refractivity contribution >= 4 is 10.0 Å². The summed E-state index contributed by atoms with van der Waals surface area (Å²) < 4.78 is 31.3. The molecule has 0 radical (unpaired) electrons. The van der Waals surface area contributed by atoms with Crippen LogP contribution in [0.25, 0.3) is 0 Å². The lowest BCUT2D eigenvalue weighted by Gasteiger charge is -2.23. The number of aryl methyl sites for hydroxylation is 1. The standard InChI is InChI=1S/C17H21N7O2S/c1-2-23-12-15(10-20-23)27(25,26)24-9-3-4-16(24)17-21-19-13-22(17)11-14-5-7-18-8-6-14/h5-8,10,12-13,16H,2-4,9,11H2,1H3. The molecule has 1 atom stereocenters. The van der Waals surface area contributed by atoms with Crippen LogP contribution in [-0.4, -0.2) is 48.8 Å². The van der Waals surface area contributed by atoms with Crippen LogP contribution in [0, 0.1) is 0 Å². The molecule has 3 aromatic rings. The van der Waals surface area contributed by atoms with Gasteiger partial charge in [-0.05, 0) is 37.5 Å². The van der Waals surface area contributed by atoms with E-state index in [9.17, 15) is 8.42 Å². The van der Waals surface area contributed by atoms with Crippen molar-refractivity contribution < 1.29 is 8.42 Å². The highest BCUT2D eigenvalue weighted by molar-refractivity contribution is 7.89. The van der Waals surface area contributed by atoms with Crippen LogP contribution in [0.1, 0.15) is 37.2 Å². The molecule has 0 spiro atoms. The molecule has 27 heavy (non-hydrogen) atoms. The summed E-state index contributed by atoms with van der Waals surface area (Å²) >= 11 is 0. The third-order valence-electron chi connectivity index (χ3n) is 4.79. The molecule has 0 amide bonds. The van der Waals surface area contributed by atoms with E-state index in [1.807, 2.05) is 23.6 Å². The Kier molecular flexibility index (Phi) is 4.75. The smallest absolute Gasteiger partial charge is 0.246 e. The van der Waals surface area contributed by atoms with E-state index < -0.39 is 10.0 Å². The van der Waals surface area contributed by atoms with Crippen LogP contribution in [0.15, 0.2) is 48.1 Å². The Balaban J connectivity index is 1.63. The summed E-state index contributed by atoms with van der Waals surface area (Å²) in [5.74, 6) is 0.663. The Morgan fingerprint density at radius 2 is 2.07 bits per heavy atom. The number of rotatable bonds is 6. The molecule has 4 rings (SSSR count). The van der Waals surface area contributed by atoms with Crippen molar-refractivity contribution in [3.8, 4) is 0 Å². The third-order valence-corrected chi connectivity index (χ3v) is 6.65. The average molecular weight is 387 g/mol. The van der Waals surface area contributed by atoms with Crippen LogP contribution in [-0.2, 0) is 23.1 Å². The normalized spacial score (nSPS) is 18.2. The van der Waals surface area contributed by atoms with Gasteiger partial charge in [-0.3, -0.25) is 9.67 Å². The molecular formula is C17H21N7O2S. The number of nitrogens with zero attached hydrogens (tertiary/aromatic N) is 7. The molecule has 142 valence electrons. The van der Waals surface area contributed by atoms with Crippen molar-refractivity contribution in [3.05, 3.63) is 54.6 Å². The molecule has 0 bridgehead atoms. The van der Waals surface area contributed by atoms with E-state index in [0.717, 1.165) is 18.4 Å². The van der Waals surface area contributed by atoms with E-state index in [-0.39, 0.29) is 10.9 Å². The summed E-state index contributed by atoms with van der Waals surface area (Å²) in [6.45, 7) is 3.58. The second-order valence-corrected chi connectivity index (χ2v) is 8.37. The largest absolute Gasteiger partial charge is 0.312 e. The molecule has 9 nitrogen and oxygen atoms in total. The molecule has 10 heteroatoms. The summed E-state index contributed by atoms with van der Waals surface area (Å²) in [5.41, 5.74) is 1.06. The molecule has 0 saturated carbocycles. The van der Waals surface area contributed by atoms with Crippen LogP contribution in [0.3, 0.4) is 0 Å². The fraction of sp³-hybridized carbons (Fsp3) is 0.412. The molecule has 1 unspecified atom stereocenters. The fourth-order valence-corrected chi connectivity index (χ4v) is 5.01. The average Bonchev–Trinajstić information content (AvgIpc) is 3.42. The van der Waals surface area contributed by atoms with E-state index >= 15 is 0 Å². The minimum Gasteiger partial charge on any atom is -0.312 e. The molecule has 0 aromatic carbocycles. The van der Waals surface area contributed by atoms with Gasteiger partial charge < -0.3 is 4.57 Å². The lowest BCUT2D eigenvalue weighted by Crippen LogP contribution is -2.32. The van der Waals surface area contributed by atoms with Crippen LogP contribution < -0.4 is 0 Å². The highest BCUT2D eigenvalue weighted by Crippen LogP contribution is 2.35. The molecular weight excluding hydrogens is 366 g/mol. The Bertz CT molecular complexity index is 1010. The lowest BCUT2D eigenvalue weighted by atomic mass is 10.2. The molecule has 0 aliphatic carbocycles. The van der Waals surface area contributed by atoms with Gasteiger partial charge in [0.1, 0.15) is 11.2 Å². The van der Waals surface area contributed by atoms with Gasteiger partial charge in [-0.1, -0.05) is 0 Å². The van der Waals surface area contributed by atoms with E-state index in [4.69, 9.17) is 0 Å². The van der Waals surface area contributed by atoms with Gasteiger partial charge in [-0.25, -0.2) is 8.42 Å². The molecule has 1 saturated heterocycles. The van der Waals surface area contributed by atoms with E-state index in [1.165, 1.54) is 10.5 Å². The Morgan fingerprint density at radius 3 is 2.81 bits per heavy atom. The van der Waals surface area contributed by atoms with Crippen molar-refractivity contribution in [2.45, 2.75) is 43.8 Å². The summed E-state index contributed by atoms with van der Waals surface area (Å²) in [6.07, 6.45) is 9.61. The molecule has 1 fully saturated rings. The molecule has 1 aliphatic rings. The number of pyridine rings is 1. The first-order valence-corrected chi connectivity index (χ1v) is 10.3. The van der Waals surface area contributed by atoms with Gasteiger partial charge >= 0.3 is 0 Å². The fourth-order valence-electron chi connectivity index (χ4n) is 3.40. The zero-order valence-electron chi connectivity index (χ0n) is 15.0. The Hall–Kier alpha value is -2.59. The van der Waals surface area contributed by atoms with Crippen molar-refractivity contribution in [1.82, 2.24) is 33.8 Å². The third kappa shape index (κ3) is 3.37. The predicted octanol–water partition coefficient (Wildman–Crippen LogP) is 1.46. The van der Waals surface area contributed by atoms with Crippen molar-refractivity contribution in [3.63, 3.8) is 0 Å². The maximum atomic E-state index is 13.1. The van der Waals surface area contributed by atoms with Crippen LogP contribution >= 0.6 is 0 Å². The maximum absolute atomic E-state index is 13.1. The first kappa shape index (κ1) is 17.8. The van der Waals surface area contributed by atoms with Gasteiger partial charge in [-0.15, -0.1) is 10.2 Å². The van der Waals surface area contributed by atoms with E-state index in [2.05, 4.69) is 20.3 Å². The van der Waals surface area contributed by atoms with E-state index in [0.29, 0.717) is 25.5 Å². The maximum Gasteiger partial charge on any atom is 0.246 e. The highest BCUT2D eigenvalue weighted by atomic mass is 32.2. The van der Waals surface area contributed by atoms with Crippen molar-refractivity contribution in [2.24, 2.45) is 0 Å². The van der Waals surface area contributed by atoms with Crippen LogP contribution in [0.2, 0.25) is 0 Å².